The fourth-order valence-electron chi connectivity index (χ4n) is 6.75. The van der Waals surface area contributed by atoms with E-state index in [4.69, 9.17) is 9.47 Å². The Morgan fingerprint density at radius 3 is 2.02 bits per heavy atom. The van der Waals surface area contributed by atoms with E-state index in [2.05, 4.69) is 32.6 Å². The molecular weight excluding hydrogens is 566 g/mol. The zero-order valence-electron chi connectivity index (χ0n) is 25.7. The first-order chi connectivity index (χ1) is 20.7. The molecule has 2 aromatic rings. The first kappa shape index (κ1) is 31.1. The summed E-state index contributed by atoms with van der Waals surface area (Å²) in [4.78, 5) is 51.7. The number of nitro benzene ring substituents is 2. The lowest BCUT2D eigenvalue weighted by atomic mass is 9.63. The van der Waals surface area contributed by atoms with E-state index in [1.54, 1.807) is 25.3 Å². The lowest BCUT2D eigenvalue weighted by Gasteiger charge is -2.49. The van der Waals surface area contributed by atoms with Crippen LogP contribution in [-0.4, -0.2) is 46.6 Å². The molecule has 5 rings (SSSR count). The number of ketones is 2. The molecule has 2 aromatic carbocycles. The van der Waals surface area contributed by atoms with Crippen LogP contribution in [-0.2, 0) is 14.3 Å². The number of nitrogens with zero attached hydrogens (tertiary/aromatic N) is 3. The van der Waals surface area contributed by atoms with Gasteiger partial charge in [0.15, 0.2) is 11.6 Å². The molecule has 0 amide bonds. The van der Waals surface area contributed by atoms with Crippen molar-refractivity contribution in [2.75, 3.05) is 20.3 Å². The van der Waals surface area contributed by atoms with E-state index < -0.39 is 27.1 Å². The lowest BCUT2D eigenvalue weighted by Crippen LogP contribution is -2.44. The Hall–Kier alpha value is -4.38. The quantitative estimate of drug-likeness (QED) is 0.168. The summed E-state index contributed by atoms with van der Waals surface area (Å²) in [5.74, 6) is -0.518. The van der Waals surface area contributed by atoms with Crippen LogP contribution in [0.4, 0.5) is 11.4 Å². The number of ether oxygens (including phenoxy) is 2. The Kier molecular flexibility index (Phi) is 8.19. The number of allylic oxidation sites excluding steroid dienone is 4. The van der Waals surface area contributed by atoms with E-state index in [1.807, 2.05) is 6.07 Å². The smallest absolute Gasteiger partial charge is 0.318 e. The molecule has 232 valence electrons. The van der Waals surface area contributed by atoms with Crippen molar-refractivity contribution in [2.45, 2.75) is 65.7 Å². The molecule has 3 aliphatic rings. The number of carbonyl (C=O) groups is 2. The highest BCUT2D eigenvalue weighted by Gasteiger charge is 2.48. The van der Waals surface area contributed by atoms with Crippen LogP contribution in [0, 0.1) is 31.1 Å². The second kappa shape index (κ2) is 11.6. The van der Waals surface area contributed by atoms with Gasteiger partial charge < -0.3 is 14.4 Å². The van der Waals surface area contributed by atoms with Gasteiger partial charge >= 0.3 is 5.69 Å². The summed E-state index contributed by atoms with van der Waals surface area (Å²) >= 11 is 0. The van der Waals surface area contributed by atoms with Crippen molar-refractivity contribution in [3.8, 4) is 11.5 Å². The summed E-state index contributed by atoms with van der Waals surface area (Å²) in [6.45, 7) is 9.52. The number of hydrogen-bond donors (Lipinski definition) is 0. The number of non-ortho nitro benzene ring substituents is 1. The van der Waals surface area contributed by atoms with Crippen LogP contribution < -0.4 is 4.74 Å². The number of benzene rings is 2. The van der Waals surface area contributed by atoms with E-state index in [0.717, 1.165) is 29.9 Å². The predicted molar refractivity (Wildman–Crippen MR) is 162 cm³/mol. The Morgan fingerprint density at radius 1 is 0.864 bits per heavy atom. The summed E-state index contributed by atoms with van der Waals surface area (Å²) < 4.78 is 11.3. The van der Waals surface area contributed by atoms with E-state index in [0.29, 0.717) is 55.5 Å². The van der Waals surface area contributed by atoms with Crippen LogP contribution >= 0.6 is 0 Å². The first-order valence-corrected chi connectivity index (χ1v) is 14.7. The van der Waals surface area contributed by atoms with Crippen LogP contribution in [0.3, 0.4) is 0 Å². The van der Waals surface area contributed by atoms with Gasteiger partial charge in [0.1, 0.15) is 5.75 Å². The van der Waals surface area contributed by atoms with Crippen LogP contribution in [0.5, 0.6) is 11.5 Å². The van der Waals surface area contributed by atoms with E-state index in [9.17, 15) is 29.8 Å². The molecule has 44 heavy (non-hydrogen) atoms. The standard InChI is InChI=1S/C33H37N3O8/c1-32(2)16-24-30(26(37)18-32)29(31-25(34(24)12-7-13-43-5)17-33(3,4)19-27(31)38)20-8-6-9-22(14-20)44-28-11-10-21(35(39)40)15-23(28)36(41)42/h6,8-11,14-15,29H,7,12-13,16-19H2,1-5H3. The Bertz CT molecular complexity index is 1570. The van der Waals surface area contributed by atoms with Crippen molar-refractivity contribution in [1.82, 2.24) is 4.90 Å². The molecule has 0 N–H and O–H groups in total. The van der Waals surface area contributed by atoms with Gasteiger partial charge in [0.25, 0.3) is 5.69 Å². The first-order valence-electron chi connectivity index (χ1n) is 14.7. The predicted octanol–water partition coefficient (Wildman–Crippen LogP) is 7.02. The van der Waals surface area contributed by atoms with Gasteiger partial charge in [-0.1, -0.05) is 39.8 Å². The average Bonchev–Trinajstić information content (AvgIpc) is 2.92. The second-order valence-corrected chi connectivity index (χ2v) is 13.4. The monoisotopic (exact) mass is 603 g/mol. The third kappa shape index (κ3) is 6.01. The number of methoxy groups -OCH3 is 1. The van der Waals surface area contributed by atoms with Crippen molar-refractivity contribution >= 4 is 22.9 Å². The van der Waals surface area contributed by atoms with Crippen LogP contribution in [0.15, 0.2) is 65.0 Å². The molecule has 0 bridgehead atoms. The molecule has 0 saturated heterocycles. The van der Waals surface area contributed by atoms with Gasteiger partial charge in [-0.3, -0.25) is 29.8 Å². The maximum absolute atomic E-state index is 14.0. The fourth-order valence-corrected chi connectivity index (χ4v) is 6.75. The van der Waals surface area contributed by atoms with E-state index in [1.165, 1.54) is 6.07 Å². The minimum absolute atomic E-state index is 0.000460. The Labute approximate surface area is 255 Å². The molecule has 0 atom stereocenters. The zero-order chi connectivity index (χ0) is 32.0. The highest BCUT2D eigenvalue weighted by atomic mass is 16.6. The van der Waals surface area contributed by atoms with Gasteiger partial charge in [0, 0.05) is 67.6 Å². The second-order valence-electron chi connectivity index (χ2n) is 13.4. The van der Waals surface area contributed by atoms with Gasteiger partial charge in [-0.15, -0.1) is 0 Å². The zero-order valence-corrected chi connectivity index (χ0v) is 25.7. The molecule has 1 heterocycles. The number of carbonyl (C=O) groups excluding carboxylic acids is 2. The van der Waals surface area contributed by atoms with Crippen molar-refractivity contribution in [3.63, 3.8) is 0 Å². The maximum atomic E-state index is 14.0. The van der Waals surface area contributed by atoms with Gasteiger partial charge in [-0.2, -0.15) is 0 Å². The molecular formula is C33H37N3O8. The van der Waals surface area contributed by atoms with Crippen molar-refractivity contribution < 1.29 is 28.9 Å². The SMILES string of the molecule is COCCCN1C2=C(C(=O)CC(C)(C)C2)C(c2cccc(Oc3ccc([N+](=O)[O-])cc3[N+](=O)[O-])c2)C2=C1CC(C)(C)CC2=O. The molecule has 0 aromatic heterocycles. The average molecular weight is 604 g/mol. The summed E-state index contributed by atoms with van der Waals surface area (Å²) in [6.07, 6.45) is 2.78. The van der Waals surface area contributed by atoms with Gasteiger partial charge in [0.05, 0.1) is 15.9 Å². The number of rotatable bonds is 9. The summed E-state index contributed by atoms with van der Waals surface area (Å²) in [5.41, 5.74) is 2.30. The minimum Gasteiger partial charge on any atom is -0.450 e. The van der Waals surface area contributed by atoms with E-state index in [-0.39, 0.29) is 33.9 Å². The molecule has 11 nitrogen and oxygen atoms in total. The summed E-state index contributed by atoms with van der Waals surface area (Å²) in [7, 11) is 1.66. The molecule has 2 aliphatic carbocycles. The number of Topliss-reactive ketones (excluding diaryl/α,β-unsaturated/α-hetero) is 2. The third-order valence-electron chi connectivity index (χ3n) is 8.52. The fraction of sp³-hybridized carbons (Fsp3) is 0.455. The van der Waals surface area contributed by atoms with E-state index >= 15 is 0 Å². The molecule has 0 spiro atoms. The topological polar surface area (TPSA) is 142 Å². The molecule has 0 radical (unpaired) electrons. The Morgan fingerprint density at radius 2 is 1.48 bits per heavy atom. The van der Waals surface area contributed by atoms with Crippen LogP contribution in [0.1, 0.15) is 71.3 Å². The lowest BCUT2D eigenvalue weighted by molar-refractivity contribution is -0.394. The van der Waals surface area contributed by atoms with Crippen molar-refractivity contribution in [3.05, 3.63) is 90.8 Å². The van der Waals surface area contributed by atoms with Crippen molar-refractivity contribution in [2.24, 2.45) is 10.8 Å². The van der Waals surface area contributed by atoms with Gasteiger partial charge in [0.2, 0.25) is 5.75 Å². The molecule has 0 fully saturated rings. The van der Waals surface area contributed by atoms with Crippen molar-refractivity contribution in [1.29, 1.82) is 0 Å². The number of hydrogen-bond acceptors (Lipinski definition) is 9. The van der Waals surface area contributed by atoms with Gasteiger partial charge in [-0.25, -0.2) is 0 Å². The molecule has 1 aliphatic heterocycles. The highest BCUT2D eigenvalue weighted by Crippen LogP contribution is 2.54. The third-order valence-corrected chi connectivity index (χ3v) is 8.52. The summed E-state index contributed by atoms with van der Waals surface area (Å²) in [5, 5.41) is 22.9. The largest absolute Gasteiger partial charge is 0.450 e. The molecule has 0 saturated carbocycles. The normalized spacial score (nSPS) is 19.5. The molecule has 11 heteroatoms. The van der Waals surface area contributed by atoms with Gasteiger partial charge in [-0.05, 0) is 53.9 Å². The maximum Gasteiger partial charge on any atom is 0.318 e. The van der Waals surface area contributed by atoms with Crippen LogP contribution in [0.25, 0.3) is 0 Å². The Balaban J connectivity index is 1.65. The summed E-state index contributed by atoms with van der Waals surface area (Å²) in [6, 6.07) is 10.1. The number of nitro groups is 2. The van der Waals surface area contributed by atoms with Crippen LogP contribution in [0.2, 0.25) is 0 Å². The minimum atomic E-state index is -0.732. The molecule has 0 unspecified atom stereocenters. The highest BCUT2D eigenvalue weighted by molar-refractivity contribution is 6.06.